The Kier molecular flexibility index (Phi) is 3.66. The van der Waals surface area contributed by atoms with Crippen LogP contribution in [0.1, 0.15) is 49.2 Å². The summed E-state index contributed by atoms with van der Waals surface area (Å²) in [5.74, 6) is 0.0761. The normalized spacial score (nSPS) is 19.7. The van der Waals surface area contributed by atoms with Gasteiger partial charge in [-0.15, -0.1) is 11.3 Å². The number of carbonyl (C=O) groups excluding carboxylic acids is 1. The molecule has 1 amide bonds. The lowest BCUT2D eigenvalue weighted by molar-refractivity contribution is 0.0641. The number of hydrogen-bond donors (Lipinski definition) is 1. The van der Waals surface area contributed by atoms with Gasteiger partial charge >= 0.3 is 0 Å². The molecule has 0 radical (unpaired) electrons. The molecular weight excluding hydrogens is 244 g/mol. The molecular formula is C14H22N2OS. The summed E-state index contributed by atoms with van der Waals surface area (Å²) in [5.41, 5.74) is 6.85. The number of nitrogen functional groups attached to an aromatic ring is 1. The Morgan fingerprint density at radius 1 is 1.44 bits per heavy atom. The molecule has 100 valence electrons. The third kappa shape index (κ3) is 2.69. The van der Waals surface area contributed by atoms with E-state index in [9.17, 15) is 4.79 Å². The molecule has 0 spiro atoms. The average molecular weight is 266 g/mol. The number of thiophene rings is 1. The topological polar surface area (TPSA) is 46.3 Å². The van der Waals surface area contributed by atoms with Gasteiger partial charge in [0.1, 0.15) is 4.88 Å². The van der Waals surface area contributed by atoms with E-state index in [0.717, 1.165) is 12.8 Å². The van der Waals surface area contributed by atoms with Gasteiger partial charge in [-0.2, -0.15) is 0 Å². The number of anilines is 1. The number of amides is 1. The third-order valence-electron chi connectivity index (χ3n) is 4.07. The fourth-order valence-corrected chi connectivity index (χ4v) is 3.39. The molecule has 18 heavy (non-hydrogen) atoms. The average Bonchev–Trinajstić information content (AvgIpc) is 2.73. The van der Waals surface area contributed by atoms with E-state index in [-0.39, 0.29) is 5.91 Å². The molecule has 0 unspecified atom stereocenters. The molecule has 1 fully saturated rings. The second-order valence-electron chi connectivity index (χ2n) is 6.02. The SMILES string of the molecule is CN(C(=O)c1sccc1N)C1CCC(C)(C)CC1. The Balaban J connectivity index is 2.02. The van der Waals surface area contributed by atoms with E-state index in [1.54, 1.807) is 6.07 Å². The Morgan fingerprint density at radius 2 is 2.06 bits per heavy atom. The molecule has 1 heterocycles. The van der Waals surface area contributed by atoms with Crippen molar-refractivity contribution in [3.05, 3.63) is 16.3 Å². The van der Waals surface area contributed by atoms with Crippen LogP contribution in [-0.4, -0.2) is 23.9 Å². The molecule has 2 N–H and O–H groups in total. The molecule has 1 aliphatic rings. The summed E-state index contributed by atoms with van der Waals surface area (Å²) in [5, 5.41) is 1.88. The summed E-state index contributed by atoms with van der Waals surface area (Å²) in [6, 6.07) is 2.17. The van der Waals surface area contributed by atoms with Gasteiger partial charge in [0, 0.05) is 13.1 Å². The smallest absolute Gasteiger partial charge is 0.266 e. The molecule has 3 nitrogen and oxygen atoms in total. The number of rotatable bonds is 2. The third-order valence-corrected chi connectivity index (χ3v) is 4.98. The van der Waals surface area contributed by atoms with Gasteiger partial charge in [0.15, 0.2) is 0 Å². The van der Waals surface area contributed by atoms with Crippen LogP contribution < -0.4 is 5.73 Å². The number of nitrogens with zero attached hydrogens (tertiary/aromatic N) is 1. The van der Waals surface area contributed by atoms with Crippen LogP contribution in [0, 0.1) is 5.41 Å². The predicted molar refractivity (Wildman–Crippen MR) is 76.9 cm³/mol. The van der Waals surface area contributed by atoms with Crippen molar-refractivity contribution in [2.24, 2.45) is 5.41 Å². The minimum atomic E-state index is 0.0761. The molecule has 1 aromatic heterocycles. The number of hydrogen-bond acceptors (Lipinski definition) is 3. The van der Waals surface area contributed by atoms with Crippen LogP contribution in [0.15, 0.2) is 11.4 Å². The summed E-state index contributed by atoms with van der Waals surface area (Å²) < 4.78 is 0. The van der Waals surface area contributed by atoms with Gasteiger partial charge in [-0.3, -0.25) is 4.79 Å². The minimum absolute atomic E-state index is 0.0761. The van der Waals surface area contributed by atoms with Crippen molar-refractivity contribution >= 4 is 22.9 Å². The van der Waals surface area contributed by atoms with Gasteiger partial charge in [-0.05, 0) is 42.5 Å². The van der Waals surface area contributed by atoms with E-state index in [1.165, 1.54) is 24.2 Å². The molecule has 0 bridgehead atoms. The molecule has 1 saturated carbocycles. The summed E-state index contributed by atoms with van der Waals surface area (Å²) in [6.45, 7) is 4.62. The highest BCUT2D eigenvalue weighted by Crippen LogP contribution is 2.37. The van der Waals surface area contributed by atoms with Crippen LogP contribution in [-0.2, 0) is 0 Å². The molecule has 1 aromatic rings. The van der Waals surface area contributed by atoms with Crippen molar-refractivity contribution in [3.8, 4) is 0 Å². The minimum Gasteiger partial charge on any atom is -0.397 e. The highest BCUT2D eigenvalue weighted by Gasteiger charge is 2.31. The van der Waals surface area contributed by atoms with Crippen molar-refractivity contribution in [2.75, 3.05) is 12.8 Å². The lowest BCUT2D eigenvalue weighted by atomic mass is 9.75. The van der Waals surface area contributed by atoms with Crippen molar-refractivity contribution in [1.82, 2.24) is 4.90 Å². The monoisotopic (exact) mass is 266 g/mol. The van der Waals surface area contributed by atoms with Gasteiger partial charge in [0.05, 0.1) is 5.69 Å². The van der Waals surface area contributed by atoms with Crippen LogP contribution in [0.5, 0.6) is 0 Å². The van der Waals surface area contributed by atoms with Gasteiger partial charge < -0.3 is 10.6 Å². The highest BCUT2D eigenvalue weighted by atomic mass is 32.1. The second kappa shape index (κ2) is 4.92. The molecule has 2 rings (SSSR count). The number of carbonyl (C=O) groups is 1. The van der Waals surface area contributed by atoms with Gasteiger partial charge in [-0.25, -0.2) is 0 Å². The standard InChI is InChI=1S/C14H22N2OS/c1-14(2)7-4-10(5-8-14)16(3)13(17)12-11(15)6-9-18-12/h6,9-10H,4-5,7-8,15H2,1-3H3. The lowest BCUT2D eigenvalue weighted by Gasteiger charge is -2.38. The Morgan fingerprint density at radius 3 is 2.56 bits per heavy atom. The zero-order chi connectivity index (χ0) is 13.3. The van der Waals surface area contributed by atoms with Crippen molar-refractivity contribution < 1.29 is 4.79 Å². The fraction of sp³-hybridized carbons (Fsp3) is 0.643. The fourth-order valence-electron chi connectivity index (χ4n) is 2.59. The van der Waals surface area contributed by atoms with E-state index in [2.05, 4.69) is 13.8 Å². The van der Waals surface area contributed by atoms with Gasteiger partial charge in [-0.1, -0.05) is 13.8 Å². The Hall–Kier alpha value is -1.03. The largest absolute Gasteiger partial charge is 0.397 e. The second-order valence-corrected chi connectivity index (χ2v) is 6.93. The summed E-state index contributed by atoms with van der Waals surface area (Å²) >= 11 is 1.43. The van der Waals surface area contributed by atoms with Crippen molar-refractivity contribution in [2.45, 2.75) is 45.6 Å². The lowest BCUT2D eigenvalue weighted by Crippen LogP contribution is -2.40. The molecule has 0 aliphatic heterocycles. The first-order chi connectivity index (χ1) is 8.41. The molecule has 0 aromatic carbocycles. The van der Waals surface area contributed by atoms with E-state index in [0.29, 0.717) is 22.0 Å². The summed E-state index contributed by atoms with van der Waals surface area (Å²) in [6.07, 6.45) is 4.57. The van der Waals surface area contributed by atoms with E-state index < -0.39 is 0 Å². The van der Waals surface area contributed by atoms with Crippen LogP contribution >= 0.6 is 11.3 Å². The Bertz CT molecular complexity index is 429. The van der Waals surface area contributed by atoms with Crippen molar-refractivity contribution in [1.29, 1.82) is 0 Å². The van der Waals surface area contributed by atoms with Crippen LogP contribution in [0.25, 0.3) is 0 Å². The number of nitrogens with two attached hydrogens (primary N) is 1. The molecule has 0 atom stereocenters. The Labute approximate surface area is 113 Å². The maximum absolute atomic E-state index is 12.3. The predicted octanol–water partition coefficient (Wildman–Crippen LogP) is 3.37. The maximum Gasteiger partial charge on any atom is 0.266 e. The van der Waals surface area contributed by atoms with Crippen LogP contribution in [0.2, 0.25) is 0 Å². The first kappa shape index (κ1) is 13.4. The first-order valence-corrected chi connectivity index (χ1v) is 7.39. The highest BCUT2D eigenvalue weighted by molar-refractivity contribution is 7.12. The zero-order valence-electron chi connectivity index (χ0n) is 11.4. The molecule has 4 heteroatoms. The summed E-state index contributed by atoms with van der Waals surface area (Å²) in [4.78, 5) is 14.9. The zero-order valence-corrected chi connectivity index (χ0v) is 12.2. The van der Waals surface area contributed by atoms with Crippen molar-refractivity contribution in [3.63, 3.8) is 0 Å². The first-order valence-electron chi connectivity index (χ1n) is 6.51. The van der Waals surface area contributed by atoms with Crippen LogP contribution in [0.4, 0.5) is 5.69 Å². The van der Waals surface area contributed by atoms with E-state index >= 15 is 0 Å². The van der Waals surface area contributed by atoms with E-state index in [1.807, 2.05) is 17.3 Å². The molecule has 0 saturated heterocycles. The quantitative estimate of drug-likeness (QED) is 0.892. The van der Waals surface area contributed by atoms with Gasteiger partial charge in [0.2, 0.25) is 0 Å². The summed E-state index contributed by atoms with van der Waals surface area (Å²) in [7, 11) is 1.91. The van der Waals surface area contributed by atoms with E-state index in [4.69, 9.17) is 5.73 Å². The molecule has 1 aliphatic carbocycles. The maximum atomic E-state index is 12.3. The van der Waals surface area contributed by atoms with Crippen LogP contribution in [0.3, 0.4) is 0 Å². The van der Waals surface area contributed by atoms with Gasteiger partial charge in [0.25, 0.3) is 5.91 Å².